The Morgan fingerprint density at radius 1 is 1.19 bits per heavy atom. The number of nitrogens with one attached hydrogen (secondary N) is 2. The van der Waals surface area contributed by atoms with E-state index in [1.165, 1.54) is 25.6 Å². The van der Waals surface area contributed by atoms with Gasteiger partial charge in [0.2, 0.25) is 0 Å². The minimum absolute atomic E-state index is 0.0100. The highest BCUT2D eigenvalue weighted by atomic mass is 32.2. The number of esters is 1. The third-order valence-electron chi connectivity index (χ3n) is 4.12. The van der Waals surface area contributed by atoms with Crippen molar-refractivity contribution in [3.63, 3.8) is 0 Å². The Kier molecular flexibility index (Phi) is 7.84. The van der Waals surface area contributed by atoms with Gasteiger partial charge in [-0.3, -0.25) is 14.9 Å². The van der Waals surface area contributed by atoms with Gasteiger partial charge in [0.15, 0.2) is 6.10 Å². The number of amides is 3. The van der Waals surface area contributed by atoms with Crippen LogP contribution in [0.2, 0.25) is 0 Å². The van der Waals surface area contributed by atoms with Crippen molar-refractivity contribution in [1.82, 2.24) is 10.6 Å². The fourth-order valence-electron chi connectivity index (χ4n) is 2.72. The van der Waals surface area contributed by atoms with Crippen LogP contribution in [-0.4, -0.2) is 41.6 Å². The van der Waals surface area contributed by atoms with Gasteiger partial charge >= 0.3 is 12.0 Å². The first kappa shape index (κ1) is 21.0. The van der Waals surface area contributed by atoms with Gasteiger partial charge in [0, 0.05) is 10.9 Å². The molecule has 2 N–H and O–H groups in total. The van der Waals surface area contributed by atoms with Gasteiger partial charge in [0.1, 0.15) is 5.78 Å². The maximum Gasteiger partial charge on any atom is 0.340 e. The summed E-state index contributed by atoms with van der Waals surface area (Å²) in [6.07, 6.45) is 2.81. The van der Waals surface area contributed by atoms with Crippen molar-refractivity contribution in [3.8, 4) is 0 Å². The van der Waals surface area contributed by atoms with Crippen LogP contribution < -0.4 is 10.6 Å². The van der Waals surface area contributed by atoms with E-state index in [4.69, 9.17) is 4.74 Å². The number of imide groups is 1. The Bertz CT molecular complexity index is 716. The van der Waals surface area contributed by atoms with E-state index < -0.39 is 24.0 Å². The predicted molar refractivity (Wildman–Crippen MR) is 102 cm³/mol. The number of hydrogen-bond donors (Lipinski definition) is 2. The maximum atomic E-state index is 12.4. The molecule has 0 aromatic heterocycles. The largest absolute Gasteiger partial charge is 0.449 e. The highest BCUT2D eigenvalue weighted by Crippen LogP contribution is 2.23. The molecule has 0 bridgehead atoms. The van der Waals surface area contributed by atoms with E-state index in [2.05, 4.69) is 10.6 Å². The molecule has 1 saturated carbocycles. The highest BCUT2D eigenvalue weighted by molar-refractivity contribution is 8.00. The van der Waals surface area contributed by atoms with Crippen LogP contribution in [0, 0.1) is 0 Å². The molecule has 0 saturated heterocycles. The van der Waals surface area contributed by atoms with Crippen LogP contribution >= 0.6 is 11.8 Å². The summed E-state index contributed by atoms with van der Waals surface area (Å²) in [5, 5.41) is 4.94. The summed E-state index contributed by atoms with van der Waals surface area (Å²) < 4.78 is 5.19. The van der Waals surface area contributed by atoms with Crippen molar-refractivity contribution >= 4 is 35.5 Å². The summed E-state index contributed by atoms with van der Waals surface area (Å²) >= 11 is 1.23. The number of urea groups is 1. The molecule has 0 aliphatic heterocycles. The summed E-state index contributed by atoms with van der Waals surface area (Å²) in [5.41, 5.74) is 0.277. The van der Waals surface area contributed by atoms with Gasteiger partial charge in [-0.1, -0.05) is 25.0 Å². The number of hydrogen-bond acceptors (Lipinski definition) is 6. The molecule has 0 radical (unpaired) electrons. The number of ether oxygens (including phenoxy) is 1. The second-order valence-corrected chi connectivity index (χ2v) is 7.50. The number of Topliss-reactive ketones (excluding diaryl/α,β-unsaturated/α-hetero) is 1. The fourth-order valence-corrected chi connectivity index (χ4v) is 3.56. The normalized spacial score (nSPS) is 15.0. The van der Waals surface area contributed by atoms with E-state index in [0.29, 0.717) is 4.90 Å². The molecule has 1 aromatic rings. The number of benzene rings is 1. The van der Waals surface area contributed by atoms with E-state index in [1.54, 1.807) is 24.3 Å². The predicted octanol–water partition coefficient (Wildman–Crippen LogP) is 2.68. The van der Waals surface area contributed by atoms with Crippen LogP contribution in [0.3, 0.4) is 0 Å². The van der Waals surface area contributed by atoms with E-state index in [9.17, 15) is 19.2 Å². The van der Waals surface area contributed by atoms with Crippen LogP contribution in [0.15, 0.2) is 29.2 Å². The van der Waals surface area contributed by atoms with E-state index in [1.807, 2.05) is 0 Å². The lowest BCUT2D eigenvalue weighted by Crippen LogP contribution is -2.47. The van der Waals surface area contributed by atoms with Crippen LogP contribution in [0.25, 0.3) is 0 Å². The smallest absolute Gasteiger partial charge is 0.340 e. The lowest BCUT2D eigenvalue weighted by atomic mass is 10.2. The maximum absolute atomic E-state index is 12.4. The molecule has 0 spiro atoms. The quantitative estimate of drug-likeness (QED) is 0.546. The molecule has 8 heteroatoms. The van der Waals surface area contributed by atoms with Crippen LogP contribution in [0.5, 0.6) is 0 Å². The molecular formula is C19H24N2O5S. The molecule has 2 rings (SSSR count). The summed E-state index contributed by atoms with van der Waals surface area (Å²) in [7, 11) is 0. The second-order valence-electron chi connectivity index (χ2n) is 6.48. The highest BCUT2D eigenvalue weighted by Gasteiger charge is 2.24. The van der Waals surface area contributed by atoms with Gasteiger partial charge in [-0.2, -0.15) is 0 Å². The van der Waals surface area contributed by atoms with Crippen LogP contribution in [0.1, 0.15) is 49.9 Å². The molecule has 1 atom stereocenters. The molecule has 146 valence electrons. The van der Waals surface area contributed by atoms with Crippen molar-refractivity contribution in [3.05, 3.63) is 29.8 Å². The minimum Gasteiger partial charge on any atom is -0.449 e. The SMILES string of the molecule is CC(=O)CSc1ccccc1C(=O)O[C@H](C)C(=O)NC(=O)NC1CCCC1. The zero-order valence-corrected chi connectivity index (χ0v) is 16.3. The summed E-state index contributed by atoms with van der Waals surface area (Å²) in [5.74, 6) is -1.14. The lowest BCUT2D eigenvalue weighted by molar-refractivity contribution is -0.128. The Morgan fingerprint density at radius 3 is 2.52 bits per heavy atom. The molecule has 27 heavy (non-hydrogen) atoms. The van der Waals surface area contributed by atoms with Crippen LogP contribution in [-0.2, 0) is 14.3 Å². The minimum atomic E-state index is -1.13. The Balaban J connectivity index is 1.89. The van der Waals surface area contributed by atoms with Crippen LogP contribution in [0.4, 0.5) is 4.79 Å². The van der Waals surface area contributed by atoms with Gasteiger partial charge in [-0.15, -0.1) is 11.8 Å². The fraction of sp³-hybridized carbons (Fsp3) is 0.474. The van der Waals surface area contributed by atoms with Crippen molar-refractivity contribution < 1.29 is 23.9 Å². The van der Waals surface area contributed by atoms with Gasteiger partial charge in [0.05, 0.1) is 11.3 Å². The first-order chi connectivity index (χ1) is 12.9. The van der Waals surface area contributed by atoms with Gasteiger partial charge in [-0.25, -0.2) is 9.59 Å². The van der Waals surface area contributed by atoms with Gasteiger partial charge < -0.3 is 10.1 Å². The Hall–Kier alpha value is -2.35. The zero-order chi connectivity index (χ0) is 19.8. The third kappa shape index (κ3) is 6.71. The average Bonchev–Trinajstić information content (AvgIpc) is 3.12. The average molecular weight is 392 g/mol. The van der Waals surface area contributed by atoms with Crippen molar-refractivity contribution in [2.75, 3.05) is 5.75 Å². The Morgan fingerprint density at radius 2 is 1.85 bits per heavy atom. The standard InChI is InChI=1S/C19H24N2O5S/c1-12(22)11-27-16-10-6-5-9-15(16)18(24)26-13(2)17(23)21-19(25)20-14-7-3-4-8-14/h5-6,9-10,13-14H,3-4,7-8,11H2,1-2H3,(H2,20,21,23,25)/t13-/m1/s1. The molecule has 3 amide bonds. The summed E-state index contributed by atoms with van der Waals surface area (Å²) in [6, 6.07) is 6.22. The summed E-state index contributed by atoms with van der Waals surface area (Å²) in [4.78, 5) is 48.1. The Labute approximate surface area is 162 Å². The van der Waals surface area contributed by atoms with E-state index >= 15 is 0 Å². The van der Waals surface area contributed by atoms with E-state index in [-0.39, 0.29) is 23.1 Å². The van der Waals surface area contributed by atoms with Crippen molar-refractivity contribution in [1.29, 1.82) is 0 Å². The molecular weight excluding hydrogens is 368 g/mol. The monoisotopic (exact) mass is 392 g/mol. The van der Waals surface area contributed by atoms with Gasteiger partial charge in [0.25, 0.3) is 5.91 Å². The number of rotatable bonds is 7. The number of carbonyl (C=O) groups is 4. The molecule has 1 aliphatic rings. The molecule has 1 aromatic carbocycles. The zero-order valence-electron chi connectivity index (χ0n) is 15.4. The first-order valence-corrected chi connectivity index (χ1v) is 9.89. The van der Waals surface area contributed by atoms with Crippen molar-refractivity contribution in [2.24, 2.45) is 0 Å². The third-order valence-corrected chi connectivity index (χ3v) is 5.34. The molecule has 0 heterocycles. The summed E-state index contributed by atoms with van der Waals surface area (Å²) in [6.45, 7) is 2.87. The number of thioether (sulfide) groups is 1. The topological polar surface area (TPSA) is 102 Å². The second kappa shape index (κ2) is 10.1. The van der Waals surface area contributed by atoms with Gasteiger partial charge in [-0.05, 0) is 38.8 Å². The number of ketones is 1. The first-order valence-electron chi connectivity index (χ1n) is 8.90. The number of carbonyl (C=O) groups excluding carboxylic acids is 4. The van der Waals surface area contributed by atoms with E-state index in [0.717, 1.165) is 25.7 Å². The van der Waals surface area contributed by atoms with Crippen molar-refractivity contribution in [2.45, 2.75) is 56.6 Å². The lowest BCUT2D eigenvalue weighted by Gasteiger charge is -2.16. The molecule has 1 aliphatic carbocycles. The molecule has 0 unspecified atom stereocenters. The molecule has 1 fully saturated rings. The molecule has 7 nitrogen and oxygen atoms in total.